The number of nitrogens with one attached hydrogen (secondary N) is 2. The van der Waals surface area contributed by atoms with Crippen LogP contribution in [0.1, 0.15) is 20.3 Å². The molecule has 33 heavy (non-hydrogen) atoms. The number of amides is 2. The Balaban J connectivity index is 1.85. The highest BCUT2D eigenvalue weighted by molar-refractivity contribution is 8.03. The molecule has 2 fully saturated rings. The van der Waals surface area contributed by atoms with Gasteiger partial charge in [0.25, 0.3) is 5.65 Å². The Morgan fingerprint density at radius 2 is 1.85 bits per heavy atom. The molecule has 3 aliphatic heterocycles. The first-order valence-corrected chi connectivity index (χ1v) is 13.2. The minimum atomic E-state index is -1.13. The van der Waals surface area contributed by atoms with Gasteiger partial charge in [0.2, 0.25) is 11.4 Å². The molecule has 2 saturated heterocycles. The van der Waals surface area contributed by atoms with E-state index in [4.69, 9.17) is 10.0 Å². The lowest BCUT2D eigenvalue weighted by Crippen LogP contribution is -2.63. The van der Waals surface area contributed by atoms with Crippen molar-refractivity contribution < 1.29 is 39.4 Å². The highest BCUT2D eigenvalue weighted by Crippen LogP contribution is 2.53. The SMILES string of the molecule is C[C@H]1C(S[C@H]2C[C@@H](C(=O)O)N(C(=O)PNBO)C2)=C(C(=O)PNBO)N2C(=O)[C@H]([C@@H](C)O)C12. The van der Waals surface area contributed by atoms with Crippen LogP contribution in [-0.4, -0.2) is 98.3 Å². The maximum absolute atomic E-state index is 12.9. The van der Waals surface area contributed by atoms with Crippen molar-refractivity contribution >= 4 is 67.5 Å². The van der Waals surface area contributed by atoms with E-state index in [2.05, 4.69) is 10.00 Å². The molecule has 17 heteroatoms. The highest BCUT2D eigenvalue weighted by atomic mass is 32.2. The number of hydrogen-bond donors (Lipinski definition) is 6. The Morgan fingerprint density at radius 3 is 2.42 bits per heavy atom. The lowest BCUT2D eigenvalue weighted by molar-refractivity contribution is -0.160. The van der Waals surface area contributed by atoms with Gasteiger partial charge in [-0.3, -0.25) is 14.4 Å². The van der Waals surface area contributed by atoms with Gasteiger partial charge in [0.1, 0.15) is 11.7 Å². The minimum absolute atomic E-state index is 0.147. The van der Waals surface area contributed by atoms with Crippen molar-refractivity contribution in [3.8, 4) is 0 Å². The monoisotopic (exact) mass is 518 g/mol. The largest absolute Gasteiger partial charge is 0.480 e. The third-order valence-electron chi connectivity index (χ3n) is 5.98. The van der Waals surface area contributed by atoms with Crippen LogP contribution in [0.25, 0.3) is 0 Å². The molecule has 180 valence electrons. The number of aliphatic hydroxyl groups excluding tert-OH is 1. The number of aliphatic hydroxyl groups is 1. The molecule has 3 heterocycles. The number of aliphatic carboxylic acids is 1. The first-order chi connectivity index (χ1) is 15.6. The lowest BCUT2D eigenvalue weighted by atomic mass is 9.79. The van der Waals surface area contributed by atoms with Crippen LogP contribution in [0, 0.1) is 11.8 Å². The fraction of sp³-hybridized carbons (Fsp3) is 0.625. The molecule has 6 N–H and O–H groups in total. The van der Waals surface area contributed by atoms with Crippen molar-refractivity contribution in [1.29, 1.82) is 0 Å². The van der Waals surface area contributed by atoms with Gasteiger partial charge < -0.3 is 40.1 Å². The number of carboxylic acid groups (broad SMARTS) is 1. The number of nitrogens with zero attached hydrogens (tertiary/aromatic N) is 2. The second-order valence-corrected chi connectivity index (χ2v) is 11.4. The van der Waals surface area contributed by atoms with Crippen molar-refractivity contribution in [3.05, 3.63) is 10.6 Å². The van der Waals surface area contributed by atoms with Crippen LogP contribution in [0.4, 0.5) is 4.79 Å². The Morgan fingerprint density at radius 1 is 1.21 bits per heavy atom. The Hall–Kier alpha value is -1.04. The van der Waals surface area contributed by atoms with E-state index in [1.165, 1.54) is 28.5 Å². The molecule has 2 amide bonds. The van der Waals surface area contributed by atoms with Gasteiger partial charge in [0.05, 0.1) is 18.1 Å². The van der Waals surface area contributed by atoms with Crippen LogP contribution in [0.3, 0.4) is 0 Å². The van der Waals surface area contributed by atoms with E-state index >= 15 is 0 Å². The number of fused-ring (bicyclic) bond motifs is 1. The van der Waals surface area contributed by atoms with Gasteiger partial charge in [-0.05, 0) is 13.3 Å². The normalized spacial score (nSPS) is 30.3. The summed E-state index contributed by atoms with van der Waals surface area (Å²) in [6.45, 7) is 3.55. The topological polar surface area (TPSA) is 180 Å². The molecule has 12 nitrogen and oxygen atoms in total. The number of carbonyl (C=O) groups is 4. The summed E-state index contributed by atoms with van der Waals surface area (Å²) in [4.78, 5) is 58.2. The maximum Gasteiger partial charge on any atom is 0.361 e. The van der Waals surface area contributed by atoms with E-state index in [1.807, 2.05) is 6.92 Å². The van der Waals surface area contributed by atoms with Crippen LogP contribution in [-0.2, 0) is 14.4 Å². The number of rotatable bonds is 11. The molecular formula is C16H26B2N4O8P2S. The van der Waals surface area contributed by atoms with E-state index in [1.54, 1.807) is 0 Å². The minimum Gasteiger partial charge on any atom is -0.480 e. The van der Waals surface area contributed by atoms with E-state index in [0.717, 1.165) is 0 Å². The molecule has 3 rings (SSSR count). The molecule has 0 bridgehead atoms. The summed E-state index contributed by atoms with van der Waals surface area (Å²) in [5.41, 5.74) is -0.558. The summed E-state index contributed by atoms with van der Waals surface area (Å²) < 4.78 is 0. The average molecular weight is 518 g/mol. The number of thioether (sulfide) groups is 1. The molecule has 0 aromatic carbocycles. The zero-order valence-corrected chi connectivity index (χ0v) is 20.8. The van der Waals surface area contributed by atoms with Crippen molar-refractivity contribution in [1.82, 2.24) is 19.8 Å². The second kappa shape index (κ2) is 11.1. The van der Waals surface area contributed by atoms with E-state index in [0.29, 0.717) is 4.91 Å². The van der Waals surface area contributed by atoms with Crippen LogP contribution < -0.4 is 10.00 Å². The molecular weight excluding hydrogens is 492 g/mol. The van der Waals surface area contributed by atoms with Crippen LogP contribution in [0.15, 0.2) is 10.6 Å². The smallest absolute Gasteiger partial charge is 0.361 e. The van der Waals surface area contributed by atoms with Gasteiger partial charge in [0.15, 0.2) is 0 Å². The summed E-state index contributed by atoms with van der Waals surface area (Å²) >= 11 is 1.30. The summed E-state index contributed by atoms with van der Waals surface area (Å²) in [5.74, 6) is -2.35. The van der Waals surface area contributed by atoms with E-state index in [9.17, 15) is 29.4 Å². The number of hydrogen-bond acceptors (Lipinski definition) is 10. The fourth-order valence-corrected chi connectivity index (χ4v) is 7.43. The Labute approximate surface area is 199 Å². The molecule has 8 atom stereocenters. The summed E-state index contributed by atoms with van der Waals surface area (Å²) in [6, 6.07) is -1.40. The number of likely N-dealkylation sites (tertiary alicyclic amines) is 1. The molecule has 3 unspecified atom stereocenters. The number of allylic oxidation sites excluding steroid dienone is 1. The average Bonchev–Trinajstić information content (AvgIpc) is 3.28. The predicted molar refractivity (Wildman–Crippen MR) is 128 cm³/mol. The van der Waals surface area contributed by atoms with Crippen LogP contribution >= 0.6 is 29.2 Å². The van der Waals surface area contributed by atoms with Gasteiger partial charge in [-0.25, -0.2) is 4.79 Å². The van der Waals surface area contributed by atoms with Gasteiger partial charge >= 0.3 is 21.2 Å². The van der Waals surface area contributed by atoms with Gasteiger partial charge in [-0.15, -0.1) is 11.8 Å². The van der Waals surface area contributed by atoms with Crippen molar-refractivity contribution in [3.63, 3.8) is 0 Å². The number of carbonyl (C=O) groups excluding carboxylic acids is 3. The van der Waals surface area contributed by atoms with Gasteiger partial charge in [-0.1, -0.05) is 6.92 Å². The zero-order chi connectivity index (χ0) is 24.4. The van der Waals surface area contributed by atoms with Crippen molar-refractivity contribution in [2.45, 2.75) is 43.7 Å². The lowest BCUT2D eigenvalue weighted by Gasteiger charge is -2.46. The first-order valence-electron chi connectivity index (χ1n) is 10.3. The standard InChI is InChI=1S/C16H26B2N4O8P2S/c1-5-10-9(6(2)23)13(24)22(10)11(15(27)31-19-17-29)12(5)33-7-3-8(14(25)26)21(4-7)16(28)32-20-18-30/h5-10,17-20,23,29-32H,3-4H2,1-2H3,(H,25,26)/t5-,6-,7+,8+,9-,10?/m1/s1. The fourth-order valence-electron chi connectivity index (χ4n) is 4.58. The molecule has 0 radical (unpaired) electrons. The van der Waals surface area contributed by atoms with Gasteiger partial charge in [-0.2, -0.15) is 0 Å². The summed E-state index contributed by atoms with van der Waals surface area (Å²) in [5, 5.41) is 37.3. The van der Waals surface area contributed by atoms with Gasteiger partial charge in [0, 0.05) is 40.1 Å². The molecule has 0 aromatic rings. The molecule has 0 aliphatic carbocycles. The number of β-lactam (4-membered cyclic amide) rings is 1. The predicted octanol–water partition coefficient (Wildman–Crippen LogP) is -2.15. The molecule has 0 spiro atoms. The maximum atomic E-state index is 12.9. The molecule has 0 saturated carbocycles. The van der Waals surface area contributed by atoms with E-state index < -0.39 is 62.4 Å². The van der Waals surface area contributed by atoms with Crippen LogP contribution in [0.5, 0.6) is 0 Å². The third-order valence-corrected chi connectivity index (χ3v) is 9.11. The molecule has 0 aromatic heterocycles. The number of carboxylic acids is 1. The van der Waals surface area contributed by atoms with Crippen LogP contribution in [0.2, 0.25) is 0 Å². The quantitative estimate of drug-likeness (QED) is 0.0998. The van der Waals surface area contributed by atoms with E-state index in [-0.39, 0.29) is 47.3 Å². The summed E-state index contributed by atoms with van der Waals surface area (Å²) in [6.07, 6.45) is -0.709. The summed E-state index contributed by atoms with van der Waals surface area (Å²) in [7, 11) is -1.72. The van der Waals surface area contributed by atoms with Crippen molar-refractivity contribution in [2.75, 3.05) is 6.54 Å². The second-order valence-electron chi connectivity index (χ2n) is 8.00. The zero-order valence-electron chi connectivity index (χ0n) is 18.0. The Bertz CT molecular complexity index is 868. The van der Waals surface area contributed by atoms with Crippen molar-refractivity contribution in [2.24, 2.45) is 11.8 Å². The molecule has 3 aliphatic rings. The highest BCUT2D eigenvalue weighted by Gasteiger charge is 2.60. The first kappa shape index (κ1) is 26.6. The Kier molecular flexibility index (Phi) is 8.96. The third kappa shape index (κ3) is 5.16.